The Balaban J connectivity index is 1.57. The summed E-state index contributed by atoms with van der Waals surface area (Å²) in [5, 5.41) is 3.75. The fourth-order valence-corrected chi connectivity index (χ4v) is 5.77. The second-order valence-electron chi connectivity index (χ2n) is 6.35. The lowest BCUT2D eigenvalue weighted by Crippen LogP contribution is -1.80. The molecule has 26 heavy (non-hydrogen) atoms. The zero-order valence-electron chi connectivity index (χ0n) is 13.6. The van der Waals surface area contributed by atoms with Crippen LogP contribution in [0.4, 0.5) is 0 Å². The third-order valence-corrected chi connectivity index (χ3v) is 7.06. The van der Waals surface area contributed by atoms with Gasteiger partial charge in [-0.3, -0.25) is 9.97 Å². The maximum absolute atomic E-state index is 4.77. The van der Waals surface area contributed by atoms with Gasteiger partial charge in [0.15, 0.2) is 0 Å². The third kappa shape index (κ3) is 2.03. The van der Waals surface area contributed by atoms with Crippen molar-refractivity contribution in [2.24, 2.45) is 0 Å². The topological polar surface area (TPSA) is 25.8 Å². The number of hydrogen-bond donors (Lipinski definition) is 0. The second kappa shape index (κ2) is 5.34. The number of pyridine rings is 2. The number of hydrogen-bond acceptors (Lipinski definition) is 4. The van der Waals surface area contributed by atoms with Crippen LogP contribution in [0, 0.1) is 0 Å². The summed E-state index contributed by atoms with van der Waals surface area (Å²) in [5.74, 6) is 0. The number of aromatic nitrogens is 2. The first-order valence-electron chi connectivity index (χ1n) is 8.41. The molecular formula is C22H12N2S2. The first kappa shape index (κ1) is 14.4. The van der Waals surface area contributed by atoms with Gasteiger partial charge in [0, 0.05) is 54.4 Å². The fraction of sp³-hybridized carbons (Fsp3) is 0. The lowest BCUT2D eigenvalue weighted by molar-refractivity contribution is 1.37. The molecule has 0 unspecified atom stereocenters. The van der Waals surface area contributed by atoms with E-state index in [2.05, 4.69) is 59.6 Å². The average molecular weight is 368 g/mol. The van der Waals surface area contributed by atoms with Crippen LogP contribution in [0.5, 0.6) is 0 Å². The molecule has 0 aliphatic rings. The van der Waals surface area contributed by atoms with Gasteiger partial charge >= 0.3 is 0 Å². The van der Waals surface area contributed by atoms with Crippen LogP contribution in [0.1, 0.15) is 0 Å². The minimum Gasteiger partial charge on any atom is -0.264 e. The Bertz CT molecular complexity index is 1330. The van der Waals surface area contributed by atoms with Crippen molar-refractivity contribution in [3.63, 3.8) is 0 Å². The molecule has 2 nitrogen and oxygen atoms in total. The number of thiophene rings is 2. The molecule has 2 aromatic carbocycles. The van der Waals surface area contributed by atoms with Gasteiger partial charge in [0.1, 0.15) is 0 Å². The molecule has 122 valence electrons. The van der Waals surface area contributed by atoms with Gasteiger partial charge in [-0.2, -0.15) is 0 Å². The van der Waals surface area contributed by atoms with Crippen molar-refractivity contribution in [3.05, 3.63) is 73.2 Å². The fourth-order valence-electron chi connectivity index (χ4n) is 3.55. The Morgan fingerprint density at radius 3 is 2.46 bits per heavy atom. The predicted molar refractivity (Wildman–Crippen MR) is 113 cm³/mol. The molecule has 0 saturated heterocycles. The van der Waals surface area contributed by atoms with Crippen molar-refractivity contribution in [1.29, 1.82) is 0 Å². The van der Waals surface area contributed by atoms with E-state index in [9.17, 15) is 0 Å². The highest BCUT2D eigenvalue weighted by molar-refractivity contribution is 7.26. The van der Waals surface area contributed by atoms with Crippen molar-refractivity contribution in [2.75, 3.05) is 0 Å². The molecule has 0 N–H and O–H groups in total. The molecule has 6 rings (SSSR count). The molecule has 0 atom stereocenters. The summed E-state index contributed by atoms with van der Waals surface area (Å²) in [5.41, 5.74) is 3.48. The summed E-state index contributed by atoms with van der Waals surface area (Å²) >= 11 is 3.63. The van der Waals surface area contributed by atoms with Crippen LogP contribution in [0.3, 0.4) is 0 Å². The average Bonchev–Trinajstić information content (AvgIpc) is 3.24. The molecule has 4 aromatic heterocycles. The smallest absolute Gasteiger partial charge is 0.0888 e. The zero-order valence-corrected chi connectivity index (χ0v) is 15.3. The molecule has 0 spiro atoms. The first-order chi connectivity index (χ1) is 12.9. The van der Waals surface area contributed by atoms with Crippen LogP contribution >= 0.6 is 22.7 Å². The highest BCUT2D eigenvalue weighted by Gasteiger charge is 2.10. The highest BCUT2D eigenvalue weighted by Crippen LogP contribution is 2.38. The molecule has 0 amide bonds. The Kier molecular flexibility index (Phi) is 2.95. The minimum absolute atomic E-state index is 1.10. The lowest BCUT2D eigenvalue weighted by atomic mass is 10.1. The Morgan fingerprint density at radius 2 is 1.46 bits per heavy atom. The summed E-state index contributed by atoms with van der Waals surface area (Å²) in [6.07, 6.45) is 5.81. The van der Waals surface area contributed by atoms with Crippen LogP contribution in [-0.2, 0) is 0 Å². The second-order valence-corrected chi connectivity index (χ2v) is 8.52. The maximum atomic E-state index is 4.77. The van der Waals surface area contributed by atoms with Crippen LogP contribution < -0.4 is 0 Å². The van der Waals surface area contributed by atoms with E-state index in [0.717, 1.165) is 5.52 Å². The molecule has 0 fully saturated rings. The van der Waals surface area contributed by atoms with Crippen LogP contribution in [0.2, 0.25) is 0 Å². The normalized spacial score (nSPS) is 11.8. The van der Waals surface area contributed by atoms with Gasteiger partial charge in [0.2, 0.25) is 0 Å². The van der Waals surface area contributed by atoms with Crippen LogP contribution in [0.25, 0.3) is 51.6 Å². The van der Waals surface area contributed by atoms with E-state index in [-0.39, 0.29) is 0 Å². The number of fused-ring (bicyclic) bond motifs is 6. The summed E-state index contributed by atoms with van der Waals surface area (Å²) in [6.45, 7) is 0. The molecule has 0 bridgehead atoms. The van der Waals surface area contributed by atoms with E-state index in [4.69, 9.17) is 4.98 Å². The highest BCUT2D eigenvalue weighted by atomic mass is 32.1. The summed E-state index contributed by atoms with van der Waals surface area (Å²) < 4.78 is 5.11. The van der Waals surface area contributed by atoms with Gasteiger partial charge < -0.3 is 0 Å². The molecule has 6 aromatic rings. The molecule has 4 heteroatoms. The monoisotopic (exact) mass is 368 g/mol. The van der Waals surface area contributed by atoms with Gasteiger partial charge in [0.25, 0.3) is 0 Å². The molecule has 0 saturated carbocycles. The van der Waals surface area contributed by atoms with Crippen LogP contribution in [-0.4, -0.2) is 9.97 Å². The number of benzene rings is 2. The Labute approximate surface area is 157 Å². The van der Waals surface area contributed by atoms with E-state index in [1.165, 1.54) is 46.1 Å². The van der Waals surface area contributed by atoms with Gasteiger partial charge in [-0.25, -0.2) is 0 Å². The SMILES string of the molecule is c1ccc2c(c1)sc1cc(-c3ccc4c(c3)sc3ccncc34)cnc12. The molecule has 0 aliphatic heterocycles. The predicted octanol–water partition coefficient (Wildman–Crippen LogP) is 6.88. The van der Waals surface area contributed by atoms with Gasteiger partial charge in [-0.1, -0.05) is 30.3 Å². The molecule has 0 aliphatic carbocycles. The number of rotatable bonds is 1. The van der Waals surface area contributed by atoms with Crippen molar-refractivity contribution in [2.45, 2.75) is 0 Å². The molecular weight excluding hydrogens is 356 g/mol. The van der Waals surface area contributed by atoms with E-state index in [0.29, 0.717) is 0 Å². The standard InChI is InChI=1S/C22H12N2S2/c1-2-4-18-16(3-1)22-21(26-18)10-14(11-24-22)13-5-6-15-17-12-23-8-7-19(17)25-20(15)9-13/h1-12H. The summed E-state index contributed by atoms with van der Waals surface area (Å²) in [4.78, 5) is 9.04. The Hall–Kier alpha value is -2.82. The van der Waals surface area contributed by atoms with Gasteiger partial charge in [-0.05, 0) is 29.8 Å². The minimum atomic E-state index is 1.10. The van der Waals surface area contributed by atoms with Crippen molar-refractivity contribution >= 4 is 63.1 Å². The number of nitrogens with zero attached hydrogens (tertiary/aromatic N) is 2. The van der Waals surface area contributed by atoms with Crippen molar-refractivity contribution < 1.29 is 0 Å². The van der Waals surface area contributed by atoms with E-state index in [1.54, 1.807) is 0 Å². The van der Waals surface area contributed by atoms with E-state index in [1.807, 2.05) is 41.3 Å². The Morgan fingerprint density at radius 1 is 0.615 bits per heavy atom. The summed E-state index contributed by atoms with van der Waals surface area (Å²) in [6, 6.07) is 19.5. The first-order valence-corrected chi connectivity index (χ1v) is 10.0. The zero-order chi connectivity index (χ0) is 17.1. The van der Waals surface area contributed by atoms with Gasteiger partial charge in [-0.15, -0.1) is 22.7 Å². The van der Waals surface area contributed by atoms with Crippen molar-refractivity contribution in [1.82, 2.24) is 9.97 Å². The van der Waals surface area contributed by atoms with Crippen LogP contribution in [0.15, 0.2) is 73.2 Å². The quantitative estimate of drug-likeness (QED) is 0.316. The molecule has 0 radical (unpaired) electrons. The molecule has 4 heterocycles. The van der Waals surface area contributed by atoms with E-state index >= 15 is 0 Å². The largest absolute Gasteiger partial charge is 0.264 e. The van der Waals surface area contributed by atoms with Gasteiger partial charge in [0.05, 0.1) is 10.2 Å². The van der Waals surface area contributed by atoms with E-state index < -0.39 is 0 Å². The third-order valence-electron chi connectivity index (χ3n) is 4.82. The maximum Gasteiger partial charge on any atom is 0.0888 e. The summed E-state index contributed by atoms with van der Waals surface area (Å²) in [7, 11) is 0. The lowest BCUT2D eigenvalue weighted by Gasteiger charge is -2.02. The van der Waals surface area contributed by atoms with Crippen molar-refractivity contribution in [3.8, 4) is 11.1 Å².